The first-order chi connectivity index (χ1) is 9.24. The summed E-state index contributed by atoms with van der Waals surface area (Å²) in [5, 5.41) is 0. The summed E-state index contributed by atoms with van der Waals surface area (Å²) in [5.41, 5.74) is -3.28. The molecule has 20 heavy (non-hydrogen) atoms. The van der Waals surface area contributed by atoms with Crippen LogP contribution in [0, 0.1) is 22.7 Å². The summed E-state index contributed by atoms with van der Waals surface area (Å²) in [6, 6.07) is 0. The van der Waals surface area contributed by atoms with Crippen LogP contribution < -0.4 is 0 Å². The molecule has 0 radical (unpaired) electrons. The summed E-state index contributed by atoms with van der Waals surface area (Å²) in [7, 11) is 0. The maximum atomic E-state index is 12.8. The summed E-state index contributed by atoms with van der Waals surface area (Å²) >= 11 is 0. The van der Waals surface area contributed by atoms with Gasteiger partial charge in [-0.15, -0.1) is 0 Å². The van der Waals surface area contributed by atoms with E-state index in [2.05, 4.69) is 0 Å². The Labute approximate surface area is 116 Å². The van der Waals surface area contributed by atoms with Crippen LogP contribution in [0.1, 0.15) is 27.2 Å². The van der Waals surface area contributed by atoms with Crippen molar-refractivity contribution < 1.29 is 23.9 Å². The van der Waals surface area contributed by atoms with Gasteiger partial charge in [0.2, 0.25) is 0 Å². The number of rotatable bonds is 0. The van der Waals surface area contributed by atoms with Gasteiger partial charge in [0.1, 0.15) is 5.78 Å². The van der Waals surface area contributed by atoms with E-state index in [1.807, 2.05) is 20.8 Å². The van der Waals surface area contributed by atoms with Crippen molar-refractivity contribution in [2.45, 2.75) is 44.5 Å². The molecule has 2 heterocycles. The van der Waals surface area contributed by atoms with Crippen LogP contribution in [0.3, 0.4) is 0 Å². The van der Waals surface area contributed by atoms with E-state index in [-0.39, 0.29) is 23.3 Å². The minimum atomic E-state index is -1.05. The molecule has 3 saturated carbocycles. The highest BCUT2D eigenvalue weighted by Gasteiger charge is 2.98. The van der Waals surface area contributed by atoms with Gasteiger partial charge in [-0.25, -0.2) is 0 Å². The molecule has 0 amide bonds. The predicted octanol–water partition coefficient (Wildman–Crippen LogP) is 0.296. The predicted molar refractivity (Wildman–Crippen MR) is 64.8 cm³/mol. The largest absolute Gasteiger partial charge is 0.360 e. The summed E-state index contributed by atoms with van der Waals surface area (Å²) in [5.74, 6) is -0.793. The van der Waals surface area contributed by atoms with Gasteiger partial charge in [-0.2, -0.15) is 0 Å². The van der Waals surface area contributed by atoms with Gasteiger partial charge in [0, 0.05) is 17.3 Å². The summed E-state index contributed by atoms with van der Waals surface area (Å²) in [4.78, 5) is 38.1. The standard InChI is InChI=1S/C15H16O5/c1-12(2)4-6-7(9(12)17)13(3)14(5-19-14)10(18)11-15(13,20-11)8(6)16/h6-7,11H,4-5H2,1-3H3. The smallest absolute Gasteiger partial charge is 0.199 e. The normalized spacial score (nSPS) is 60.8. The summed E-state index contributed by atoms with van der Waals surface area (Å²) in [6.07, 6.45) is -0.100. The second kappa shape index (κ2) is 2.55. The Kier molecular flexibility index (Phi) is 1.47. The van der Waals surface area contributed by atoms with Crippen LogP contribution in [-0.4, -0.2) is 41.3 Å². The van der Waals surface area contributed by atoms with Crippen LogP contribution in [0.4, 0.5) is 0 Å². The van der Waals surface area contributed by atoms with Gasteiger partial charge in [0.05, 0.1) is 12.0 Å². The number of fused-ring (bicyclic) bond motifs is 3. The zero-order valence-corrected chi connectivity index (χ0v) is 11.7. The maximum Gasteiger partial charge on any atom is 0.199 e. The van der Waals surface area contributed by atoms with E-state index in [0.29, 0.717) is 13.0 Å². The molecule has 0 aromatic carbocycles. The second-order valence-electron chi connectivity index (χ2n) is 7.82. The maximum absolute atomic E-state index is 12.8. The monoisotopic (exact) mass is 276 g/mol. The van der Waals surface area contributed by atoms with Gasteiger partial charge in [-0.05, 0) is 6.42 Å². The van der Waals surface area contributed by atoms with Crippen molar-refractivity contribution >= 4 is 17.3 Å². The van der Waals surface area contributed by atoms with E-state index >= 15 is 0 Å². The average molecular weight is 276 g/mol. The van der Waals surface area contributed by atoms with E-state index in [1.165, 1.54) is 0 Å². The molecule has 0 aromatic heterocycles. The molecule has 6 atom stereocenters. The van der Waals surface area contributed by atoms with Gasteiger partial charge < -0.3 is 9.47 Å². The molecule has 0 N–H and O–H groups in total. The molecule has 0 aromatic rings. The average Bonchev–Trinajstić information content (AvgIpc) is 3.24. The molecule has 5 heteroatoms. The van der Waals surface area contributed by atoms with Gasteiger partial charge >= 0.3 is 0 Å². The van der Waals surface area contributed by atoms with Crippen molar-refractivity contribution in [3.8, 4) is 0 Å². The van der Waals surface area contributed by atoms with Gasteiger partial charge in [0.15, 0.2) is 28.9 Å². The number of Topliss-reactive ketones (excluding diaryl/α,β-unsaturated/α-hetero) is 3. The van der Waals surface area contributed by atoms with Crippen molar-refractivity contribution in [2.75, 3.05) is 6.61 Å². The molecule has 5 aliphatic rings. The lowest BCUT2D eigenvalue weighted by atomic mass is 9.65. The van der Waals surface area contributed by atoms with Crippen molar-refractivity contribution in [1.82, 2.24) is 0 Å². The van der Waals surface area contributed by atoms with E-state index in [0.717, 1.165) is 0 Å². The van der Waals surface area contributed by atoms with E-state index in [1.54, 1.807) is 0 Å². The Bertz CT molecular complexity index is 630. The highest BCUT2D eigenvalue weighted by molar-refractivity contribution is 6.17. The number of hydrogen-bond acceptors (Lipinski definition) is 5. The molecule has 2 aliphatic heterocycles. The van der Waals surface area contributed by atoms with Gasteiger partial charge in [-0.3, -0.25) is 14.4 Å². The highest BCUT2D eigenvalue weighted by atomic mass is 16.7. The molecular formula is C15H16O5. The third-order valence-electron chi connectivity index (χ3n) is 6.70. The fraction of sp³-hybridized carbons (Fsp3) is 0.800. The molecular weight excluding hydrogens is 260 g/mol. The lowest BCUT2D eigenvalue weighted by molar-refractivity contribution is -0.139. The minimum absolute atomic E-state index is 0.0327. The van der Waals surface area contributed by atoms with Crippen molar-refractivity contribution in [3.63, 3.8) is 0 Å². The van der Waals surface area contributed by atoms with E-state index < -0.39 is 34.1 Å². The van der Waals surface area contributed by atoms with Crippen LogP contribution in [0.5, 0.6) is 0 Å². The fourth-order valence-electron chi connectivity index (χ4n) is 5.55. The van der Waals surface area contributed by atoms with Crippen molar-refractivity contribution in [3.05, 3.63) is 0 Å². The lowest BCUT2D eigenvalue weighted by Crippen LogP contribution is -2.51. The topological polar surface area (TPSA) is 76.3 Å². The van der Waals surface area contributed by atoms with Crippen molar-refractivity contribution in [1.29, 1.82) is 0 Å². The number of ketones is 3. The zero-order valence-electron chi connectivity index (χ0n) is 11.7. The Morgan fingerprint density at radius 3 is 2.30 bits per heavy atom. The molecule has 3 aliphatic carbocycles. The van der Waals surface area contributed by atoms with E-state index in [9.17, 15) is 14.4 Å². The molecule has 0 bridgehead atoms. The fourth-order valence-corrected chi connectivity index (χ4v) is 5.55. The third-order valence-corrected chi connectivity index (χ3v) is 6.70. The minimum Gasteiger partial charge on any atom is -0.360 e. The molecule has 2 spiro atoms. The SMILES string of the molecule is CC1(C)CC2C(=O)C34OC3C(=O)C3(CO3)C4(C)C2C1=O. The van der Waals surface area contributed by atoms with Crippen LogP contribution in [0.25, 0.3) is 0 Å². The van der Waals surface area contributed by atoms with Crippen molar-refractivity contribution in [2.24, 2.45) is 22.7 Å². The highest BCUT2D eigenvalue weighted by Crippen LogP contribution is 2.78. The Morgan fingerprint density at radius 1 is 1.05 bits per heavy atom. The molecule has 106 valence electrons. The first-order valence-electron chi connectivity index (χ1n) is 7.19. The molecule has 6 unspecified atom stereocenters. The number of epoxide rings is 2. The Balaban J connectivity index is 1.77. The zero-order chi connectivity index (χ0) is 14.3. The van der Waals surface area contributed by atoms with Gasteiger partial charge in [0.25, 0.3) is 0 Å². The molecule has 5 fully saturated rings. The molecule has 5 rings (SSSR count). The second-order valence-corrected chi connectivity index (χ2v) is 7.82. The quantitative estimate of drug-likeness (QED) is 0.595. The number of hydrogen-bond donors (Lipinski definition) is 0. The van der Waals surface area contributed by atoms with Gasteiger partial charge in [-0.1, -0.05) is 20.8 Å². The Hall–Kier alpha value is -1.07. The number of ether oxygens (including phenoxy) is 2. The van der Waals surface area contributed by atoms with Crippen LogP contribution in [0.2, 0.25) is 0 Å². The molecule has 5 nitrogen and oxygen atoms in total. The van der Waals surface area contributed by atoms with Crippen LogP contribution in [-0.2, 0) is 23.9 Å². The van der Waals surface area contributed by atoms with E-state index in [4.69, 9.17) is 9.47 Å². The number of carbonyl (C=O) groups excluding carboxylic acids is 3. The lowest BCUT2D eigenvalue weighted by Gasteiger charge is -2.35. The summed E-state index contributed by atoms with van der Waals surface area (Å²) < 4.78 is 11.1. The first-order valence-corrected chi connectivity index (χ1v) is 7.19. The van der Waals surface area contributed by atoms with Crippen LogP contribution in [0.15, 0.2) is 0 Å². The number of carbonyl (C=O) groups is 3. The van der Waals surface area contributed by atoms with Crippen LogP contribution >= 0.6 is 0 Å². The molecule has 2 saturated heterocycles. The first kappa shape index (κ1) is 11.6. The Morgan fingerprint density at radius 2 is 1.70 bits per heavy atom. The summed E-state index contributed by atoms with van der Waals surface area (Å²) in [6.45, 7) is 5.97. The third kappa shape index (κ3) is 0.745.